The summed E-state index contributed by atoms with van der Waals surface area (Å²) in [5.74, 6) is -0.256. The summed E-state index contributed by atoms with van der Waals surface area (Å²) in [5.41, 5.74) is 1.68. The number of thiazole rings is 1. The zero-order chi connectivity index (χ0) is 16.1. The number of hydrogen-bond donors (Lipinski definition) is 2. The van der Waals surface area contributed by atoms with Gasteiger partial charge < -0.3 is 15.2 Å². The molecule has 1 aromatic heterocycles. The number of rotatable bonds is 6. The van der Waals surface area contributed by atoms with Crippen molar-refractivity contribution in [3.63, 3.8) is 0 Å². The second-order valence-electron chi connectivity index (χ2n) is 5.49. The van der Waals surface area contributed by atoms with Crippen molar-refractivity contribution in [3.8, 4) is 11.3 Å². The smallest absolute Gasteiger partial charge is 0.183 e. The largest absolute Gasteiger partial charge is 0.390 e. The second kappa shape index (κ2) is 7.83. The fourth-order valence-corrected chi connectivity index (χ4v) is 3.19. The Morgan fingerprint density at radius 3 is 2.78 bits per heavy atom. The van der Waals surface area contributed by atoms with E-state index in [0.29, 0.717) is 13.1 Å². The average molecular weight is 337 g/mol. The molecule has 2 aromatic rings. The number of aliphatic hydroxyl groups excluding tert-OH is 1. The molecule has 5 nitrogen and oxygen atoms in total. The quantitative estimate of drug-likeness (QED) is 0.845. The number of aliphatic hydroxyl groups is 1. The Morgan fingerprint density at radius 2 is 2.04 bits per heavy atom. The number of halogens is 1. The van der Waals surface area contributed by atoms with Crippen LogP contribution in [0.25, 0.3) is 11.3 Å². The summed E-state index contributed by atoms with van der Waals surface area (Å²) in [6.45, 7) is 4.27. The second-order valence-corrected chi connectivity index (χ2v) is 6.35. The lowest BCUT2D eigenvalue weighted by Gasteiger charge is -2.28. The van der Waals surface area contributed by atoms with Gasteiger partial charge in [-0.25, -0.2) is 9.37 Å². The lowest BCUT2D eigenvalue weighted by molar-refractivity contribution is 0.0171. The topological polar surface area (TPSA) is 57.6 Å². The molecule has 2 heterocycles. The summed E-state index contributed by atoms with van der Waals surface area (Å²) < 4.78 is 18.2. The lowest BCUT2D eigenvalue weighted by atomic mass is 10.2. The first kappa shape index (κ1) is 16.3. The van der Waals surface area contributed by atoms with Crippen LogP contribution in [0.4, 0.5) is 9.52 Å². The Bertz CT molecular complexity index is 614. The number of morpholine rings is 1. The van der Waals surface area contributed by atoms with E-state index in [1.54, 1.807) is 12.1 Å². The third-order valence-corrected chi connectivity index (χ3v) is 4.51. The molecule has 23 heavy (non-hydrogen) atoms. The molecular weight excluding hydrogens is 317 g/mol. The SMILES string of the molecule is OC(CNc1nc(-c2ccc(F)cc2)cs1)CN1CCOCC1. The third kappa shape index (κ3) is 4.71. The number of anilines is 1. The molecule has 0 amide bonds. The molecule has 1 aliphatic heterocycles. The predicted octanol–water partition coefficient (Wildman–Crippen LogP) is 2.05. The minimum atomic E-state index is -0.453. The minimum Gasteiger partial charge on any atom is -0.390 e. The van der Waals surface area contributed by atoms with Crippen molar-refractivity contribution in [2.75, 3.05) is 44.7 Å². The highest BCUT2D eigenvalue weighted by molar-refractivity contribution is 7.14. The van der Waals surface area contributed by atoms with E-state index in [1.807, 2.05) is 5.38 Å². The molecule has 124 valence electrons. The first-order chi connectivity index (χ1) is 11.2. The van der Waals surface area contributed by atoms with Crippen LogP contribution >= 0.6 is 11.3 Å². The van der Waals surface area contributed by atoms with Gasteiger partial charge in [-0.05, 0) is 24.3 Å². The van der Waals surface area contributed by atoms with Crippen molar-refractivity contribution in [1.29, 1.82) is 0 Å². The molecule has 1 unspecified atom stereocenters. The molecule has 0 bridgehead atoms. The highest BCUT2D eigenvalue weighted by Crippen LogP contribution is 2.24. The van der Waals surface area contributed by atoms with Crippen molar-refractivity contribution < 1.29 is 14.2 Å². The van der Waals surface area contributed by atoms with Gasteiger partial charge >= 0.3 is 0 Å². The summed E-state index contributed by atoms with van der Waals surface area (Å²) >= 11 is 1.48. The maximum atomic E-state index is 12.9. The van der Waals surface area contributed by atoms with E-state index in [4.69, 9.17) is 4.74 Å². The fourth-order valence-electron chi connectivity index (χ4n) is 2.46. The molecule has 0 aliphatic carbocycles. The van der Waals surface area contributed by atoms with Gasteiger partial charge in [0.15, 0.2) is 5.13 Å². The molecule has 1 fully saturated rings. The number of hydrogen-bond acceptors (Lipinski definition) is 6. The molecule has 1 saturated heterocycles. The first-order valence-corrected chi connectivity index (χ1v) is 8.52. The number of nitrogens with one attached hydrogen (secondary N) is 1. The van der Waals surface area contributed by atoms with Gasteiger partial charge in [-0.3, -0.25) is 4.90 Å². The highest BCUT2D eigenvalue weighted by atomic mass is 32.1. The van der Waals surface area contributed by atoms with Crippen LogP contribution in [0.2, 0.25) is 0 Å². The molecule has 3 rings (SSSR count). The van der Waals surface area contributed by atoms with Gasteiger partial charge in [-0.1, -0.05) is 0 Å². The van der Waals surface area contributed by atoms with E-state index in [2.05, 4.69) is 15.2 Å². The van der Waals surface area contributed by atoms with Crippen LogP contribution in [-0.2, 0) is 4.74 Å². The summed E-state index contributed by atoms with van der Waals surface area (Å²) in [7, 11) is 0. The average Bonchev–Trinajstić information content (AvgIpc) is 3.04. The van der Waals surface area contributed by atoms with Crippen LogP contribution in [0.5, 0.6) is 0 Å². The lowest BCUT2D eigenvalue weighted by Crippen LogP contribution is -2.42. The van der Waals surface area contributed by atoms with Crippen molar-refractivity contribution in [3.05, 3.63) is 35.5 Å². The van der Waals surface area contributed by atoms with Gasteiger partial charge in [-0.2, -0.15) is 0 Å². The fraction of sp³-hybridized carbons (Fsp3) is 0.438. The van der Waals surface area contributed by atoms with Crippen LogP contribution in [0, 0.1) is 5.82 Å². The molecule has 0 spiro atoms. The van der Waals surface area contributed by atoms with E-state index >= 15 is 0 Å². The Kier molecular flexibility index (Phi) is 5.56. The zero-order valence-electron chi connectivity index (χ0n) is 12.7. The number of β-amino-alcohol motifs (C(OH)–C–C–N with tert-alkyl or cyclic N) is 1. The van der Waals surface area contributed by atoms with Crippen molar-refractivity contribution >= 4 is 16.5 Å². The Morgan fingerprint density at radius 1 is 1.30 bits per heavy atom. The third-order valence-electron chi connectivity index (χ3n) is 3.71. The zero-order valence-corrected chi connectivity index (χ0v) is 13.6. The van der Waals surface area contributed by atoms with Crippen molar-refractivity contribution in [2.45, 2.75) is 6.10 Å². The summed E-state index contributed by atoms with van der Waals surface area (Å²) in [6.07, 6.45) is -0.453. The molecule has 7 heteroatoms. The van der Waals surface area contributed by atoms with E-state index in [9.17, 15) is 9.50 Å². The van der Waals surface area contributed by atoms with Gasteiger partial charge in [0, 0.05) is 37.1 Å². The normalized spacial score (nSPS) is 17.1. The van der Waals surface area contributed by atoms with Crippen LogP contribution in [0.15, 0.2) is 29.6 Å². The van der Waals surface area contributed by atoms with Gasteiger partial charge in [0.05, 0.1) is 25.0 Å². The Balaban J connectivity index is 1.49. The molecule has 1 aromatic carbocycles. The van der Waals surface area contributed by atoms with E-state index in [-0.39, 0.29) is 5.82 Å². The minimum absolute atomic E-state index is 0.256. The standard InChI is InChI=1S/C16H20FN3O2S/c17-13-3-1-12(2-4-13)15-11-23-16(19-15)18-9-14(21)10-20-5-7-22-8-6-20/h1-4,11,14,21H,5-10H2,(H,18,19). The van der Waals surface area contributed by atoms with Crippen LogP contribution < -0.4 is 5.32 Å². The predicted molar refractivity (Wildman–Crippen MR) is 89.3 cm³/mol. The molecule has 1 aliphatic rings. The van der Waals surface area contributed by atoms with Crippen LogP contribution in [0.3, 0.4) is 0 Å². The highest BCUT2D eigenvalue weighted by Gasteiger charge is 2.15. The number of nitrogens with zero attached hydrogens (tertiary/aromatic N) is 2. The maximum absolute atomic E-state index is 12.9. The van der Waals surface area contributed by atoms with Gasteiger partial charge in [-0.15, -0.1) is 11.3 Å². The summed E-state index contributed by atoms with van der Waals surface area (Å²) in [6, 6.07) is 6.27. The summed E-state index contributed by atoms with van der Waals surface area (Å²) in [5, 5.41) is 15.9. The van der Waals surface area contributed by atoms with Crippen LogP contribution in [-0.4, -0.2) is 60.5 Å². The van der Waals surface area contributed by atoms with Gasteiger partial charge in [0.2, 0.25) is 0 Å². The first-order valence-electron chi connectivity index (χ1n) is 7.64. The Labute approximate surface area is 138 Å². The molecule has 2 N–H and O–H groups in total. The van der Waals surface area contributed by atoms with Crippen molar-refractivity contribution in [1.82, 2.24) is 9.88 Å². The molecule has 0 radical (unpaired) electrons. The molecule has 1 atom stereocenters. The number of benzene rings is 1. The molecular formula is C16H20FN3O2S. The van der Waals surface area contributed by atoms with E-state index in [1.165, 1.54) is 23.5 Å². The molecule has 0 saturated carbocycles. The van der Waals surface area contributed by atoms with Crippen molar-refractivity contribution in [2.24, 2.45) is 0 Å². The van der Waals surface area contributed by atoms with E-state index in [0.717, 1.165) is 42.7 Å². The van der Waals surface area contributed by atoms with Crippen LogP contribution in [0.1, 0.15) is 0 Å². The van der Waals surface area contributed by atoms with Gasteiger partial charge in [0.25, 0.3) is 0 Å². The maximum Gasteiger partial charge on any atom is 0.183 e. The number of aromatic nitrogens is 1. The monoisotopic (exact) mass is 337 g/mol. The summed E-state index contributed by atoms with van der Waals surface area (Å²) in [4.78, 5) is 6.67. The Hall–Kier alpha value is -1.54. The van der Waals surface area contributed by atoms with E-state index < -0.39 is 6.10 Å². The van der Waals surface area contributed by atoms with Gasteiger partial charge in [0.1, 0.15) is 5.82 Å². The number of ether oxygens (including phenoxy) is 1.